The fourth-order valence-corrected chi connectivity index (χ4v) is 1.34. The van der Waals surface area contributed by atoms with Gasteiger partial charge in [-0.25, -0.2) is 4.98 Å². The van der Waals surface area contributed by atoms with E-state index in [0.717, 1.165) is 18.8 Å². The van der Waals surface area contributed by atoms with Crippen LogP contribution in [0.25, 0.3) is 0 Å². The second-order valence-corrected chi connectivity index (χ2v) is 3.30. The highest BCUT2D eigenvalue weighted by molar-refractivity contribution is 6.29. The summed E-state index contributed by atoms with van der Waals surface area (Å²) in [5.41, 5.74) is 1.16. The van der Waals surface area contributed by atoms with E-state index in [1.54, 1.807) is 6.20 Å². The lowest BCUT2D eigenvalue weighted by atomic mass is 10.3. The molecule has 3 nitrogen and oxygen atoms in total. The van der Waals surface area contributed by atoms with E-state index in [1.165, 1.54) is 0 Å². The highest BCUT2D eigenvalue weighted by atomic mass is 35.5. The normalized spacial score (nSPS) is 14.7. The zero-order chi connectivity index (χ0) is 9.10. The summed E-state index contributed by atoms with van der Waals surface area (Å²) in [6, 6.07) is 3.80. The molecule has 0 fully saturated rings. The summed E-state index contributed by atoms with van der Waals surface area (Å²) in [7, 11) is 0. The van der Waals surface area contributed by atoms with Gasteiger partial charge in [-0.3, -0.25) is 0 Å². The molecule has 0 aliphatic carbocycles. The molecule has 1 aliphatic rings. The van der Waals surface area contributed by atoms with E-state index < -0.39 is 0 Å². The number of nitrogens with one attached hydrogen (secondary N) is 1. The third-order valence-corrected chi connectivity index (χ3v) is 2.10. The van der Waals surface area contributed by atoms with Crippen LogP contribution in [0, 0.1) is 0 Å². The van der Waals surface area contributed by atoms with Crippen molar-refractivity contribution in [2.75, 3.05) is 6.67 Å². The van der Waals surface area contributed by atoms with Crippen LogP contribution < -0.4 is 5.32 Å². The SMILES string of the molecule is Clc1ccc(CN2C=CNC2)cn1. The first-order valence-electron chi connectivity index (χ1n) is 4.09. The minimum absolute atomic E-state index is 0.541. The lowest BCUT2D eigenvalue weighted by molar-refractivity contribution is 0.384. The fourth-order valence-electron chi connectivity index (χ4n) is 1.22. The van der Waals surface area contributed by atoms with E-state index in [2.05, 4.69) is 15.2 Å². The highest BCUT2D eigenvalue weighted by Gasteiger charge is 2.03. The topological polar surface area (TPSA) is 28.2 Å². The Kier molecular flexibility index (Phi) is 2.36. The predicted octanol–water partition coefficient (Wildman–Crippen LogP) is 1.57. The van der Waals surface area contributed by atoms with Crippen molar-refractivity contribution in [3.05, 3.63) is 41.4 Å². The highest BCUT2D eigenvalue weighted by Crippen LogP contribution is 2.08. The minimum atomic E-state index is 0.541. The van der Waals surface area contributed by atoms with Crippen molar-refractivity contribution in [3.63, 3.8) is 0 Å². The molecular formula is C9H10ClN3. The van der Waals surface area contributed by atoms with Crippen molar-refractivity contribution in [1.29, 1.82) is 0 Å². The number of hydrogen-bond donors (Lipinski definition) is 1. The van der Waals surface area contributed by atoms with E-state index in [-0.39, 0.29) is 0 Å². The minimum Gasteiger partial charge on any atom is -0.373 e. The van der Waals surface area contributed by atoms with Crippen LogP contribution in [0.3, 0.4) is 0 Å². The molecule has 0 saturated carbocycles. The van der Waals surface area contributed by atoms with Gasteiger partial charge >= 0.3 is 0 Å². The van der Waals surface area contributed by atoms with Crippen LogP contribution in [-0.4, -0.2) is 16.6 Å². The summed E-state index contributed by atoms with van der Waals surface area (Å²) in [6.45, 7) is 1.73. The molecule has 2 rings (SSSR count). The van der Waals surface area contributed by atoms with Gasteiger partial charge in [0.1, 0.15) is 5.15 Å². The zero-order valence-corrected chi connectivity index (χ0v) is 7.83. The van der Waals surface area contributed by atoms with Gasteiger partial charge in [0.05, 0.1) is 6.67 Å². The van der Waals surface area contributed by atoms with Crippen molar-refractivity contribution in [1.82, 2.24) is 15.2 Å². The van der Waals surface area contributed by atoms with E-state index >= 15 is 0 Å². The van der Waals surface area contributed by atoms with Gasteiger partial charge < -0.3 is 10.2 Å². The number of halogens is 1. The van der Waals surface area contributed by atoms with E-state index in [4.69, 9.17) is 11.6 Å². The lowest BCUT2D eigenvalue weighted by Crippen LogP contribution is -2.19. The zero-order valence-electron chi connectivity index (χ0n) is 7.07. The van der Waals surface area contributed by atoms with Crippen LogP contribution in [-0.2, 0) is 6.54 Å². The first kappa shape index (κ1) is 8.38. The molecule has 0 spiro atoms. The molecule has 0 saturated heterocycles. The van der Waals surface area contributed by atoms with Gasteiger partial charge in [0.2, 0.25) is 0 Å². The number of nitrogens with zero attached hydrogens (tertiary/aromatic N) is 2. The van der Waals surface area contributed by atoms with Crippen LogP contribution in [0.1, 0.15) is 5.56 Å². The quantitative estimate of drug-likeness (QED) is 0.727. The average Bonchev–Trinajstić information content (AvgIpc) is 2.62. The Labute approximate surface area is 82.0 Å². The van der Waals surface area contributed by atoms with Gasteiger partial charge in [-0.1, -0.05) is 17.7 Å². The van der Waals surface area contributed by atoms with Gasteiger partial charge in [-0.15, -0.1) is 0 Å². The Balaban J connectivity index is 2.01. The molecule has 1 N–H and O–H groups in total. The van der Waals surface area contributed by atoms with Crippen LogP contribution >= 0.6 is 11.6 Å². The summed E-state index contributed by atoms with van der Waals surface area (Å²) in [4.78, 5) is 6.17. The fraction of sp³-hybridized carbons (Fsp3) is 0.222. The molecule has 0 aromatic carbocycles. The monoisotopic (exact) mass is 195 g/mol. The first-order chi connectivity index (χ1) is 6.34. The van der Waals surface area contributed by atoms with Gasteiger partial charge in [0.15, 0.2) is 0 Å². The molecule has 2 heterocycles. The summed E-state index contributed by atoms with van der Waals surface area (Å²) >= 11 is 5.68. The molecular weight excluding hydrogens is 186 g/mol. The van der Waals surface area contributed by atoms with Crippen molar-refractivity contribution in [2.45, 2.75) is 6.54 Å². The second kappa shape index (κ2) is 3.66. The average molecular weight is 196 g/mol. The largest absolute Gasteiger partial charge is 0.373 e. The number of hydrogen-bond acceptors (Lipinski definition) is 3. The summed E-state index contributed by atoms with van der Waals surface area (Å²) in [5, 5.41) is 3.64. The number of pyridine rings is 1. The molecule has 1 aromatic rings. The van der Waals surface area contributed by atoms with Crippen molar-refractivity contribution >= 4 is 11.6 Å². The lowest BCUT2D eigenvalue weighted by Gasteiger charge is -2.13. The van der Waals surface area contributed by atoms with E-state index in [0.29, 0.717) is 5.15 Å². The molecule has 0 atom stereocenters. The Morgan fingerprint density at radius 3 is 3.08 bits per heavy atom. The molecule has 1 aliphatic heterocycles. The molecule has 0 unspecified atom stereocenters. The Bertz CT molecular complexity index is 307. The Hall–Kier alpha value is -1.22. The summed E-state index contributed by atoms with van der Waals surface area (Å²) < 4.78 is 0. The van der Waals surface area contributed by atoms with E-state index in [9.17, 15) is 0 Å². The maximum absolute atomic E-state index is 5.68. The Morgan fingerprint density at radius 2 is 2.46 bits per heavy atom. The molecule has 68 valence electrons. The van der Waals surface area contributed by atoms with Crippen molar-refractivity contribution in [2.24, 2.45) is 0 Å². The maximum atomic E-state index is 5.68. The third kappa shape index (κ3) is 2.12. The molecule has 0 bridgehead atoms. The standard InChI is InChI=1S/C9H10ClN3/c10-9-2-1-8(5-12-9)6-13-4-3-11-7-13/h1-5,11H,6-7H2. The smallest absolute Gasteiger partial charge is 0.129 e. The molecule has 0 radical (unpaired) electrons. The van der Waals surface area contributed by atoms with Crippen LogP contribution in [0.15, 0.2) is 30.7 Å². The van der Waals surface area contributed by atoms with Crippen molar-refractivity contribution in [3.8, 4) is 0 Å². The predicted molar refractivity (Wildman–Crippen MR) is 51.9 cm³/mol. The molecule has 1 aromatic heterocycles. The second-order valence-electron chi connectivity index (χ2n) is 2.91. The first-order valence-corrected chi connectivity index (χ1v) is 4.47. The molecule has 0 amide bonds. The van der Waals surface area contributed by atoms with Crippen LogP contribution in [0.2, 0.25) is 5.15 Å². The molecule has 13 heavy (non-hydrogen) atoms. The van der Waals surface area contributed by atoms with E-state index in [1.807, 2.05) is 24.5 Å². The van der Waals surface area contributed by atoms with Gasteiger partial charge in [0.25, 0.3) is 0 Å². The van der Waals surface area contributed by atoms with Crippen molar-refractivity contribution < 1.29 is 0 Å². The third-order valence-electron chi connectivity index (χ3n) is 1.87. The van der Waals surface area contributed by atoms with Crippen LogP contribution in [0.4, 0.5) is 0 Å². The summed E-state index contributed by atoms with van der Waals surface area (Å²) in [6.07, 6.45) is 5.76. The molecule has 4 heteroatoms. The Morgan fingerprint density at radius 1 is 1.54 bits per heavy atom. The summed E-state index contributed by atoms with van der Waals surface area (Å²) in [5.74, 6) is 0. The van der Waals surface area contributed by atoms with Crippen LogP contribution in [0.5, 0.6) is 0 Å². The number of rotatable bonds is 2. The van der Waals surface area contributed by atoms with Gasteiger partial charge in [0, 0.05) is 25.1 Å². The maximum Gasteiger partial charge on any atom is 0.129 e. The van der Waals surface area contributed by atoms with Gasteiger partial charge in [-0.2, -0.15) is 0 Å². The van der Waals surface area contributed by atoms with Gasteiger partial charge in [-0.05, 0) is 11.6 Å². The number of aromatic nitrogens is 1.